The van der Waals surface area contributed by atoms with E-state index in [1.807, 2.05) is 51.1 Å². The molecule has 0 bridgehead atoms. The third-order valence-corrected chi connectivity index (χ3v) is 2.97. The summed E-state index contributed by atoms with van der Waals surface area (Å²) in [5, 5.41) is 5.82. The van der Waals surface area contributed by atoms with Crippen LogP contribution >= 0.6 is 0 Å². The molecule has 126 valence electrons. The lowest BCUT2D eigenvalue weighted by atomic mass is 10.3. The van der Waals surface area contributed by atoms with Gasteiger partial charge in [-0.25, -0.2) is 10.3 Å². The third-order valence-electron chi connectivity index (χ3n) is 2.97. The molecule has 0 aliphatic rings. The summed E-state index contributed by atoms with van der Waals surface area (Å²) in [5.74, 6) is 1.23. The first-order valence-electron chi connectivity index (χ1n) is 7.70. The molecule has 7 nitrogen and oxygen atoms in total. The Kier molecular flexibility index (Phi) is 5.83. The third kappa shape index (κ3) is 5.05. The van der Waals surface area contributed by atoms with Gasteiger partial charge in [-0.05, 0) is 32.9 Å². The summed E-state index contributed by atoms with van der Waals surface area (Å²) in [5.41, 5.74) is 2.39. The second kappa shape index (κ2) is 8.05. The molecule has 1 amide bonds. The number of aromatic nitrogens is 2. The number of hydrogen-bond donors (Lipinski definition) is 3. The maximum Gasteiger partial charge on any atom is 0.354 e. The van der Waals surface area contributed by atoms with Crippen LogP contribution in [-0.4, -0.2) is 28.4 Å². The van der Waals surface area contributed by atoms with Crippen molar-refractivity contribution in [3.8, 4) is 5.75 Å². The van der Waals surface area contributed by atoms with E-state index in [0.717, 1.165) is 17.1 Å². The SMILES string of the molecule is CCOc1ccccc1N/C(NC(C)=O)=[NH+]/c1nc(C)cc(C)n1. The Morgan fingerprint density at radius 1 is 1.21 bits per heavy atom. The largest absolute Gasteiger partial charge is 0.491 e. The van der Waals surface area contributed by atoms with Crippen LogP contribution in [0, 0.1) is 13.8 Å². The standard InChI is InChI=1S/C17H21N5O2/c1-5-24-15-9-7-6-8-14(15)21-17(20-13(4)23)22-16-18-11(2)10-12(3)19-16/h6-10H,5H2,1-4H3,(H2,18,19,20,21,22,23)/p+1. The number of nitrogens with zero attached hydrogens (tertiary/aromatic N) is 2. The van der Waals surface area contributed by atoms with E-state index in [9.17, 15) is 4.79 Å². The number of carbonyl (C=O) groups excluding carboxylic acids is 1. The van der Waals surface area contributed by atoms with Crippen LogP contribution in [0.3, 0.4) is 0 Å². The molecule has 0 fully saturated rings. The lowest BCUT2D eigenvalue weighted by Crippen LogP contribution is -2.74. The average Bonchev–Trinajstić information content (AvgIpc) is 2.47. The maximum atomic E-state index is 11.5. The molecule has 0 aliphatic heterocycles. The fraction of sp³-hybridized carbons (Fsp3) is 0.294. The highest BCUT2D eigenvalue weighted by atomic mass is 16.5. The molecule has 1 aromatic heterocycles. The summed E-state index contributed by atoms with van der Waals surface area (Å²) in [6.07, 6.45) is 0. The number of ether oxygens (including phenoxy) is 1. The van der Waals surface area contributed by atoms with Crippen molar-refractivity contribution in [3.63, 3.8) is 0 Å². The summed E-state index contributed by atoms with van der Waals surface area (Å²) in [6, 6.07) is 9.35. The summed E-state index contributed by atoms with van der Waals surface area (Å²) in [7, 11) is 0. The van der Waals surface area contributed by atoms with Gasteiger partial charge in [0.1, 0.15) is 5.69 Å². The Hall–Kier alpha value is -2.96. The number of nitrogens with one attached hydrogen (secondary N) is 3. The number of para-hydroxylation sites is 2. The van der Waals surface area contributed by atoms with Gasteiger partial charge >= 0.3 is 5.95 Å². The van der Waals surface area contributed by atoms with Gasteiger partial charge in [-0.15, -0.1) is 9.97 Å². The zero-order valence-electron chi connectivity index (χ0n) is 14.3. The first kappa shape index (κ1) is 17.4. The fourth-order valence-electron chi connectivity index (χ4n) is 2.15. The quantitative estimate of drug-likeness (QED) is 0.571. The number of hydrogen-bond acceptors (Lipinski definition) is 4. The lowest BCUT2D eigenvalue weighted by Gasteiger charge is -2.11. The Balaban J connectivity index is 2.35. The average molecular weight is 328 g/mol. The van der Waals surface area contributed by atoms with Crippen molar-refractivity contribution in [2.24, 2.45) is 0 Å². The predicted octanol–water partition coefficient (Wildman–Crippen LogP) is 0.808. The number of guanidine groups is 1. The number of amides is 1. The summed E-state index contributed by atoms with van der Waals surface area (Å²) < 4.78 is 5.58. The zero-order valence-corrected chi connectivity index (χ0v) is 14.3. The molecule has 0 aliphatic carbocycles. The molecule has 24 heavy (non-hydrogen) atoms. The van der Waals surface area contributed by atoms with Crippen LogP contribution in [0.4, 0.5) is 11.6 Å². The predicted molar refractivity (Wildman–Crippen MR) is 92.2 cm³/mol. The molecule has 2 rings (SSSR count). The monoisotopic (exact) mass is 328 g/mol. The minimum Gasteiger partial charge on any atom is -0.491 e. The highest BCUT2D eigenvalue weighted by Crippen LogP contribution is 2.23. The van der Waals surface area contributed by atoms with Crippen LogP contribution in [0.2, 0.25) is 0 Å². The van der Waals surface area contributed by atoms with E-state index in [0.29, 0.717) is 24.3 Å². The van der Waals surface area contributed by atoms with Crippen LogP contribution < -0.4 is 20.4 Å². The molecule has 7 heteroatoms. The number of aryl methyl sites for hydroxylation is 2. The van der Waals surface area contributed by atoms with Gasteiger partial charge in [-0.1, -0.05) is 12.1 Å². The van der Waals surface area contributed by atoms with E-state index >= 15 is 0 Å². The summed E-state index contributed by atoms with van der Waals surface area (Å²) in [4.78, 5) is 23.1. The van der Waals surface area contributed by atoms with Crippen LogP contribution in [0.15, 0.2) is 30.3 Å². The number of carbonyl (C=O) groups is 1. The minimum atomic E-state index is -0.219. The number of rotatable bonds is 4. The van der Waals surface area contributed by atoms with Crippen molar-refractivity contribution in [2.45, 2.75) is 27.7 Å². The van der Waals surface area contributed by atoms with Crippen molar-refractivity contribution in [3.05, 3.63) is 41.7 Å². The number of benzene rings is 1. The Labute approximate surface area is 141 Å². The number of anilines is 1. The molecular formula is C17H22N5O2+. The first-order chi connectivity index (χ1) is 11.5. The van der Waals surface area contributed by atoms with E-state index in [1.165, 1.54) is 6.92 Å². The first-order valence-corrected chi connectivity index (χ1v) is 7.70. The molecule has 0 saturated carbocycles. The zero-order chi connectivity index (χ0) is 17.5. The Bertz CT molecular complexity index is 738. The second-order valence-electron chi connectivity index (χ2n) is 5.21. The van der Waals surface area contributed by atoms with Crippen molar-refractivity contribution < 1.29 is 14.5 Å². The van der Waals surface area contributed by atoms with E-state index < -0.39 is 0 Å². The van der Waals surface area contributed by atoms with Crippen molar-refractivity contribution in [2.75, 3.05) is 11.9 Å². The summed E-state index contributed by atoms with van der Waals surface area (Å²) in [6.45, 7) is 7.66. The van der Waals surface area contributed by atoms with Gasteiger partial charge in [0.2, 0.25) is 0 Å². The highest BCUT2D eigenvalue weighted by Gasteiger charge is 2.13. The van der Waals surface area contributed by atoms with Crippen LogP contribution in [0.5, 0.6) is 5.75 Å². The van der Waals surface area contributed by atoms with Gasteiger partial charge in [0.25, 0.3) is 11.9 Å². The lowest BCUT2D eigenvalue weighted by molar-refractivity contribution is -0.366. The van der Waals surface area contributed by atoms with Gasteiger partial charge in [-0.2, -0.15) is 0 Å². The van der Waals surface area contributed by atoms with E-state index in [1.54, 1.807) is 0 Å². The maximum absolute atomic E-state index is 11.5. The van der Waals surface area contributed by atoms with Gasteiger partial charge in [-0.3, -0.25) is 10.1 Å². The molecule has 2 aromatic rings. The van der Waals surface area contributed by atoms with Crippen molar-refractivity contribution in [1.29, 1.82) is 0 Å². The Morgan fingerprint density at radius 2 is 1.88 bits per heavy atom. The molecular weight excluding hydrogens is 306 g/mol. The normalized spacial score (nSPS) is 11.1. The van der Waals surface area contributed by atoms with Gasteiger partial charge in [0.05, 0.1) is 18.0 Å². The van der Waals surface area contributed by atoms with Gasteiger partial charge < -0.3 is 4.74 Å². The molecule has 3 N–H and O–H groups in total. The molecule has 0 atom stereocenters. The van der Waals surface area contributed by atoms with E-state index in [-0.39, 0.29) is 5.91 Å². The van der Waals surface area contributed by atoms with Gasteiger partial charge in [0.15, 0.2) is 5.75 Å². The Morgan fingerprint density at radius 3 is 2.50 bits per heavy atom. The fourth-order valence-corrected chi connectivity index (χ4v) is 2.15. The van der Waals surface area contributed by atoms with Crippen molar-refractivity contribution >= 4 is 23.5 Å². The topological polar surface area (TPSA) is 90.1 Å². The minimum absolute atomic E-state index is 0.219. The van der Waals surface area contributed by atoms with E-state index in [2.05, 4.69) is 25.6 Å². The molecule has 0 saturated heterocycles. The highest BCUT2D eigenvalue weighted by molar-refractivity contribution is 6.01. The van der Waals surface area contributed by atoms with Crippen LogP contribution in [-0.2, 0) is 4.79 Å². The van der Waals surface area contributed by atoms with Gasteiger partial charge in [0, 0.05) is 13.0 Å². The molecule has 0 spiro atoms. The molecule has 0 unspecified atom stereocenters. The molecule has 0 radical (unpaired) electrons. The smallest absolute Gasteiger partial charge is 0.354 e. The second-order valence-corrected chi connectivity index (χ2v) is 5.21. The van der Waals surface area contributed by atoms with Crippen LogP contribution in [0.25, 0.3) is 0 Å². The van der Waals surface area contributed by atoms with Crippen molar-refractivity contribution in [1.82, 2.24) is 15.3 Å². The molecule has 1 heterocycles. The van der Waals surface area contributed by atoms with Crippen LogP contribution in [0.1, 0.15) is 25.2 Å². The molecule has 1 aromatic carbocycles. The van der Waals surface area contributed by atoms with E-state index in [4.69, 9.17) is 4.74 Å². The summed E-state index contributed by atoms with van der Waals surface area (Å²) >= 11 is 0.